The maximum atomic E-state index is 10.5. The van der Waals surface area contributed by atoms with Gasteiger partial charge in [0.1, 0.15) is 0 Å². The van der Waals surface area contributed by atoms with E-state index in [9.17, 15) is 9.59 Å². The third kappa shape index (κ3) is 8.64. The zero-order chi connectivity index (χ0) is 17.9. The van der Waals surface area contributed by atoms with E-state index in [4.69, 9.17) is 20.4 Å². The topological polar surface area (TPSA) is 141 Å². The Morgan fingerprint density at radius 3 is 1.23 bits per heavy atom. The molecule has 1 rings (SSSR count). The molecule has 2 unspecified atom stereocenters. The number of isocyanates is 4. The summed E-state index contributed by atoms with van der Waals surface area (Å²) in [5, 5.41) is 10.8. The Balaban J connectivity index is 0. The quantitative estimate of drug-likeness (QED) is 0.595. The van der Waals surface area contributed by atoms with Crippen molar-refractivity contribution in [1.82, 2.24) is 0 Å². The molecule has 1 aliphatic carbocycles. The lowest BCUT2D eigenvalue weighted by molar-refractivity contribution is 0.101. The van der Waals surface area contributed by atoms with Gasteiger partial charge in [0.2, 0.25) is 24.3 Å². The van der Waals surface area contributed by atoms with Crippen LogP contribution >= 0.6 is 0 Å². The van der Waals surface area contributed by atoms with E-state index in [-0.39, 0.29) is 5.41 Å². The zero-order valence-electron chi connectivity index (χ0n) is 13.1. The minimum absolute atomic E-state index is 0.00243. The third-order valence-electron chi connectivity index (χ3n) is 3.11. The first-order chi connectivity index (χ1) is 10.1. The summed E-state index contributed by atoms with van der Waals surface area (Å²) in [7, 11) is 0. The van der Waals surface area contributed by atoms with Crippen LogP contribution in [0.3, 0.4) is 0 Å². The van der Waals surface area contributed by atoms with Crippen molar-refractivity contribution < 1.29 is 19.2 Å². The average Bonchev–Trinajstić information content (AvgIpc) is 2.26. The fourth-order valence-electron chi connectivity index (χ4n) is 3.45. The summed E-state index contributed by atoms with van der Waals surface area (Å²) in [6.07, 6.45) is 6.96. The number of aliphatic imine (C=N–C) groups is 2. The van der Waals surface area contributed by atoms with E-state index in [1.807, 2.05) is 13.8 Å². The highest BCUT2D eigenvalue weighted by Crippen LogP contribution is 2.48. The number of hydrogen-bond donors (Lipinski definition) is 2. The largest absolute Gasteiger partial charge is 0.235 e. The van der Waals surface area contributed by atoms with Crippen LogP contribution in [-0.4, -0.2) is 35.4 Å². The van der Waals surface area contributed by atoms with Crippen molar-refractivity contribution >= 4 is 24.3 Å². The molecule has 1 aliphatic rings. The Labute approximate surface area is 128 Å². The maximum Gasteiger partial charge on any atom is 0.235 e. The normalized spacial score (nSPS) is 27.6. The van der Waals surface area contributed by atoms with Crippen molar-refractivity contribution in [2.75, 3.05) is 0 Å². The first-order valence-corrected chi connectivity index (χ1v) is 6.33. The lowest BCUT2D eigenvalue weighted by Gasteiger charge is -2.47. The van der Waals surface area contributed by atoms with E-state index < -0.39 is 11.1 Å². The molecule has 8 nitrogen and oxygen atoms in total. The van der Waals surface area contributed by atoms with Gasteiger partial charge in [-0.3, -0.25) is 0 Å². The molecular formula is C14H20N4O4. The van der Waals surface area contributed by atoms with Gasteiger partial charge >= 0.3 is 0 Å². The van der Waals surface area contributed by atoms with Crippen LogP contribution in [0.4, 0.5) is 0 Å². The second-order valence-electron chi connectivity index (χ2n) is 6.30. The summed E-state index contributed by atoms with van der Waals surface area (Å²) in [6, 6.07) is 0. The van der Waals surface area contributed by atoms with Gasteiger partial charge in [-0.15, -0.1) is 0 Å². The smallest absolute Gasteiger partial charge is 0.222 e. The van der Waals surface area contributed by atoms with Gasteiger partial charge in [-0.1, -0.05) is 13.8 Å². The zero-order valence-corrected chi connectivity index (χ0v) is 13.1. The first-order valence-electron chi connectivity index (χ1n) is 6.33. The van der Waals surface area contributed by atoms with Crippen molar-refractivity contribution in [2.24, 2.45) is 15.4 Å². The Kier molecular flexibility index (Phi) is 9.37. The molecule has 0 aliphatic heterocycles. The number of rotatable bonds is 2. The molecule has 8 heteroatoms. The summed E-state index contributed by atoms with van der Waals surface area (Å²) in [5.74, 6) is 0. The van der Waals surface area contributed by atoms with E-state index >= 15 is 0 Å². The predicted molar refractivity (Wildman–Crippen MR) is 77.5 cm³/mol. The summed E-state index contributed by atoms with van der Waals surface area (Å²) in [4.78, 5) is 45.4. The maximum absolute atomic E-state index is 10.5. The van der Waals surface area contributed by atoms with Gasteiger partial charge in [-0.25, -0.2) is 30.0 Å². The first kappa shape index (κ1) is 21.8. The molecule has 0 heterocycles. The van der Waals surface area contributed by atoms with Crippen LogP contribution in [0.2, 0.25) is 0 Å². The Morgan fingerprint density at radius 1 is 0.727 bits per heavy atom. The van der Waals surface area contributed by atoms with Crippen LogP contribution in [-0.2, 0) is 19.2 Å². The van der Waals surface area contributed by atoms with Crippen molar-refractivity contribution in [3.05, 3.63) is 0 Å². The van der Waals surface area contributed by atoms with Gasteiger partial charge in [0, 0.05) is 0 Å². The van der Waals surface area contributed by atoms with Crippen LogP contribution in [0.1, 0.15) is 47.0 Å². The summed E-state index contributed by atoms with van der Waals surface area (Å²) < 4.78 is 0. The van der Waals surface area contributed by atoms with Crippen LogP contribution in [0, 0.1) is 16.2 Å². The molecule has 0 aromatic rings. The van der Waals surface area contributed by atoms with Gasteiger partial charge in [-0.2, -0.15) is 9.98 Å². The molecule has 2 atom stereocenters. The van der Waals surface area contributed by atoms with Crippen molar-refractivity contribution in [3.63, 3.8) is 0 Å². The highest BCUT2D eigenvalue weighted by molar-refractivity contribution is 5.37. The summed E-state index contributed by atoms with van der Waals surface area (Å²) in [5.41, 5.74) is -0.945. The number of carbonyl (C=O) groups excluding carboxylic acids is 4. The van der Waals surface area contributed by atoms with Crippen molar-refractivity contribution in [2.45, 2.75) is 58.0 Å². The standard InChI is InChI=1S/C12H18N2O2.2CHNO/c1-10(2)5-11(3,13-8-15)7-12(4,6-10)14-9-16;2*2-1-3/h5-7H2,1-4H3;2*2H. The molecule has 0 amide bonds. The van der Waals surface area contributed by atoms with Crippen LogP contribution in [0.5, 0.6) is 0 Å². The minimum atomic E-state index is -0.474. The molecule has 1 saturated carbocycles. The summed E-state index contributed by atoms with van der Waals surface area (Å²) in [6.45, 7) is 8.03. The lowest BCUT2D eigenvalue weighted by atomic mass is 9.62. The van der Waals surface area contributed by atoms with Crippen LogP contribution < -0.4 is 0 Å². The third-order valence-corrected chi connectivity index (χ3v) is 3.11. The Bertz CT molecular complexity index is 489. The Morgan fingerprint density at radius 2 is 1.00 bits per heavy atom. The molecule has 1 fully saturated rings. The number of hydrogen-bond acceptors (Lipinski definition) is 8. The van der Waals surface area contributed by atoms with Gasteiger partial charge in [-0.05, 0) is 38.5 Å². The van der Waals surface area contributed by atoms with Gasteiger partial charge in [0.05, 0.1) is 11.1 Å². The molecular weight excluding hydrogens is 288 g/mol. The van der Waals surface area contributed by atoms with E-state index in [2.05, 4.69) is 23.8 Å². The number of nitrogens with zero attached hydrogens (tertiary/aromatic N) is 2. The van der Waals surface area contributed by atoms with Gasteiger partial charge in [0.25, 0.3) is 0 Å². The van der Waals surface area contributed by atoms with E-state index in [1.165, 1.54) is 0 Å². The highest BCUT2D eigenvalue weighted by Gasteiger charge is 2.47. The van der Waals surface area contributed by atoms with Crippen molar-refractivity contribution in [1.29, 1.82) is 10.8 Å². The molecule has 2 N–H and O–H groups in total. The molecule has 120 valence electrons. The fourth-order valence-corrected chi connectivity index (χ4v) is 3.45. The second-order valence-corrected chi connectivity index (χ2v) is 6.30. The molecule has 0 radical (unpaired) electrons. The second kappa shape index (κ2) is 9.46. The molecule has 22 heavy (non-hydrogen) atoms. The fraction of sp³-hybridized carbons (Fsp3) is 0.714. The lowest BCUT2D eigenvalue weighted by Crippen LogP contribution is -2.47. The van der Waals surface area contributed by atoms with Crippen LogP contribution in [0.15, 0.2) is 9.98 Å². The molecule has 0 aromatic carbocycles. The van der Waals surface area contributed by atoms with Crippen LogP contribution in [0.25, 0.3) is 0 Å². The highest BCUT2D eigenvalue weighted by atomic mass is 16.1. The average molecular weight is 308 g/mol. The molecule has 0 bridgehead atoms. The van der Waals surface area contributed by atoms with E-state index in [0.29, 0.717) is 6.42 Å². The van der Waals surface area contributed by atoms with E-state index in [1.54, 1.807) is 12.2 Å². The molecule has 0 aromatic heterocycles. The molecule has 0 saturated heterocycles. The molecule has 0 spiro atoms. The minimum Gasteiger partial charge on any atom is -0.222 e. The Hall–Kier alpha value is -2.48. The monoisotopic (exact) mass is 308 g/mol. The van der Waals surface area contributed by atoms with E-state index in [0.717, 1.165) is 25.0 Å². The van der Waals surface area contributed by atoms with Gasteiger partial charge < -0.3 is 0 Å². The SMILES string of the molecule is CC1(C)CC(C)(N=C=O)CC(C)(N=C=O)C1.N=C=O.N=C=O. The predicted octanol–water partition coefficient (Wildman–Crippen LogP) is 2.19. The summed E-state index contributed by atoms with van der Waals surface area (Å²) >= 11 is 0. The van der Waals surface area contributed by atoms with Crippen molar-refractivity contribution in [3.8, 4) is 0 Å². The number of nitrogens with one attached hydrogen (secondary N) is 2. The van der Waals surface area contributed by atoms with Gasteiger partial charge in [0.15, 0.2) is 0 Å².